The van der Waals surface area contributed by atoms with Crippen molar-refractivity contribution in [3.05, 3.63) is 70.8 Å². The molecule has 3 nitrogen and oxygen atoms in total. The normalized spacial score (nSPS) is 17.4. The Morgan fingerprint density at radius 3 is 2.86 bits per heavy atom. The molecule has 0 aromatic heterocycles. The zero-order valence-corrected chi connectivity index (χ0v) is 17.9. The van der Waals surface area contributed by atoms with E-state index < -0.39 is 0 Å². The summed E-state index contributed by atoms with van der Waals surface area (Å²) in [6.07, 6.45) is 2.11. The van der Waals surface area contributed by atoms with Gasteiger partial charge in [-0.05, 0) is 49.9 Å². The third kappa shape index (κ3) is 6.39. The smallest absolute Gasteiger partial charge is 0.224 e. The molecule has 1 unspecified atom stereocenters. The van der Waals surface area contributed by atoms with Crippen LogP contribution in [0.25, 0.3) is 0 Å². The van der Waals surface area contributed by atoms with Crippen molar-refractivity contribution in [2.75, 3.05) is 25.4 Å². The van der Waals surface area contributed by atoms with Crippen LogP contribution in [0.5, 0.6) is 0 Å². The molecule has 28 heavy (non-hydrogen) atoms. The summed E-state index contributed by atoms with van der Waals surface area (Å²) in [4.78, 5) is 15.0. The van der Waals surface area contributed by atoms with Gasteiger partial charge in [-0.15, -0.1) is 0 Å². The average Bonchev–Trinajstić information content (AvgIpc) is 2.70. The van der Waals surface area contributed by atoms with Crippen LogP contribution in [0.4, 0.5) is 0 Å². The Kier molecular flexibility index (Phi) is 7.99. The summed E-state index contributed by atoms with van der Waals surface area (Å²) in [6.45, 7) is 7.95. The third-order valence-electron chi connectivity index (χ3n) is 5.43. The molecule has 4 heteroatoms. The van der Waals surface area contributed by atoms with Gasteiger partial charge in [-0.25, -0.2) is 0 Å². The Morgan fingerprint density at radius 1 is 1.18 bits per heavy atom. The Labute approximate surface area is 173 Å². The molecule has 3 rings (SSSR count). The topological polar surface area (TPSA) is 32.3 Å². The monoisotopic (exact) mass is 396 g/mol. The van der Waals surface area contributed by atoms with Crippen LogP contribution in [0.3, 0.4) is 0 Å². The molecule has 1 atom stereocenters. The van der Waals surface area contributed by atoms with Crippen molar-refractivity contribution in [2.45, 2.75) is 39.0 Å². The zero-order valence-electron chi connectivity index (χ0n) is 17.1. The molecule has 0 saturated carbocycles. The van der Waals surface area contributed by atoms with Gasteiger partial charge in [-0.3, -0.25) is 9.69 Å². The maximum absolute atomic E-state index is 12.6. The van der Waals surface area contributed by atoms with Gasteiger partial charge in [-0.2, -0.15) is 11.8 Å². The van der Waals surface area contributed by atoms with Gasteiger partial charge in [0.2, 0.25) is 5.91 Å². The highest BCUT2D eigenvalue weighted by atomic mass is 32.2. The molecular formula is C24H32N2OS. The van der Waals surface area contributed by atoms with Crippen molar-refractivity contribution >= 4 is 17.7 Å². The molecule has 1 aliphatic rings. The number of hydrogen-bond donors (Lipinski definition) is 1. The van der Waals surface area contributed by atoms with Crippen LogP contribution in [0, 0.1) is 19.8 Å². The number of carbonyl (C=O) groups is 1. The summed E-state index contributed by atoms with van der Waals surface area (Å²) in [5, 5.41) is 3.16. The van der Waals surface area contributed by atoms with Gasteiger partial charge in [0.25, 0.3) is 0 Å². The minimum atomic E-state index is 0.125. The van der Waals surface area contributed by atoms with E-state index in [2.05, 4.69) is 72.6 Å². The highest BCUT2D eigenvalue weighted by Gasteiger charge is 2.25. The van der Waals surface area contributed by atoms with E-state index in [1.165, 1.54) is 22.3 Å². The molecule has 0 bridgehead atoms. The minimum absolute atomic E-state index is 0.125. The summed E-state index contributed by atoms with van der Waals surface area (Å²) in [7, 11) is 0. The number of thioether (sulfide) groups is 1. The Bertz CT molecular complexity index is 777. The van der Waals surface area contributed by atoms with E-state index in [1.54, 1.807) is 0 Å². The standard InChI is InChI=1S/C24H32N2OS/c1-19-7-5-9-21(15-19)18-28-14-12-25-24(27)23-11-6-13-26(17-23)16-22-10-4-3-8-20(22)2/h3-5,7-10,15,23H,6,11-14,16-18H2,1-2H3,(H,25,27). The van der Waals surface area contributed by atoms with Crippen molar-refractivity contribution < 1.29 is 4.79 Å². The average molecular weight is 397 g/mol. The summed E-state index contributed by atoms with van der Waals surface area (Å²) in [6, 6.07) is 17.2. The first-order valence-electron chi connectivity index (χ1n) is 10.3. The van der Waals surface area contributed by atoms with E-state index in [-0.39, 0.29) is 11.8 Å². The fraction of sp³-hybridized carbons (Fsp3) is 0.458. The van der Waals surface area contributed by atoms with Gasteiger partial charge >= 0.3 is 0 Å². The van der Waals surface area contributed by atoms with E-state index in [1.807, 2.05) is 11.8 Å². The largest absolute Gasteiger partial charge is 0.355 e. The molecule has 0 aliphatic carbocycles. The van der Waals surface area contributed by atoms with Crippen LogP contribution in [-0.2, 0) is 17.1 Å². The number of piperidine rings is 1. The van der Waals surface area contributed by atoms with Gasteiger partial charge in [0.15, 0.2) is 0 Å². The number of benzene rings is 2. The lowest BCUT2D eigenvalue weighted by atomic mass is 9.96. The fourth-order valence-corrected chi connectivity index (χ4v) is 4.63. The van der Waals surface area contributed by atoms with Crippen LogP contribution in [0.15, 0.2) is 48.5 Å². The zero-order chi connectivity index (χ0) is 19.8. The molecule has 0 spiro atoms. The fourth-order valence-electron chi connectivity index (χ4n) is 3.82. The van der Waals surface area contributed by atoms with E-state index in [0.717, 1.165) is 50.5 Å². The van der Waals surface area contributed by atoms with Crippen LogP contribution >= 0.6 is 11.8 Å². The minimum Gasteiger partial charge on any atom is -0.355 e. The number of rotatable bonds is 8. The number of amides is 1. The predicted octanol–water partition coefficient (Wildman–Crippen LogP) is 4.57. The highest BCUT2D eigenvalue weighted by Crippen LogP contribution is 2.20. The maximum atomic E-state index is 12.6. The highest BCUT2D eigenvalue weighted by molar-refractivity contribution is 7.98. The van der Waals surface area contributed by atoms with Crippen LogP contribution < -0.4 is 5.32 Å². The van der Waals surface area contributed by atoms with Crippen molar-refractivity contribution in [3.8, 4) is 0 Å². The summed E-state index contributed by atoms with van der Waals surface area (Å²) >= 11 is 1.88. The van der Waals surface area contributed by atoms with Crippen LogP contribution in [0.2, 0.25) is 0 Å². The van der Waals surface area contributed by atoms with Gasteiger partial charge in [0.05, 0.1) is 5.92 Å². The van der Waals surface area contributed by atoms with Gasteiger partial charge < -0.3 is 5.32 Å². The maximum Gasteiger partial charge on any atom is 0.224 e. The first-order valence-corrected chi connectivity index (χ1v) is 11.4. The van der Waals surface area contributed by atoms with Gasteiger partial charge in [0, 0.05) is 31.1 Å². The second kappa shape index (κ2) is 10.7. The quantitative estimate of drug-likeness (QED) is 0.664. The third-order valence-corrected chi connectivity index (χ3v) is 6.46. The SMILES string of the molecule is Cc1cccc(CSCCNC(=O)C2CCCN(Cc3ccccc3C)C2)c1. The first-order chi connectivity index (χ1) is 13.6. The second-order valence-electron chi connectivity index (χ2n) is 7.83. The molecule has 0 radical (unpaired) electrons. The molecule has 150 valence electrons. The number of likely N-dealkylation sites (tertiary alicyclic amines) is 1. The lowest BCUT2D eigenvalue weighted by Gasteiger charge is -2.32. The summed E-state index contributed by atoms with van der Waals surface area (Å²) in [5.74, 6) is 2.31. The van der Waals surface area contributed by atoms with Crippen molar-refractivity contribution in [2.24, 2.45) is 5.92 Å². The predicted molar refractivity (Wildman–Crippen MR) is 120 cm³/mol. The Morgan fingerprint density at radius 2 is 2.04 bits per heavy atom. The Balaban J connectivity index is 1.37. The molecule has 1 fully saturated rings. The van der Waals surface area contributed by atoms with E-state index in [9.17, 15) is 4.79 Å². The van der Waals surface area contributed by atoms with Crippen LogP contribution in [-0.4, -0.2) is 36.2 Å². The number of carbonyl (C=O) groups excluding carboxylic acids is 1. The molecule has 1 heterocycles. The lowest BCUT2D eigenvalue weighted by Crippen LogP contribution is -2.43. The number of hydrogen-bond acceptors (Lipinski definition) is 3. The van der Waals surface area contributed by atoms with Crippen molar-refractivity contribution in [1.82, 2.24) is 10.2 Å². The number of aryl methyl sites for hydroxylation is 2. The molecular weight excluding hydrogens is 364 g/mol. The Hall–Kier alpha value is -1.78. The summed E-state index contributed by atoms with van der Waals surface area (Å²) < 4.78 is 0. The summed E-state index contributed by atoms with van der Waals surface area (Å²) in [5.41, 5.74) is 5.37. The van der Waals surface area contributed by atoms with E-state index >= 15 is 0 Å². The van der Waals surface area contributed by atoms with Gasteiger partial charge in [-0.1, -0.05) is 54.1 Å². The molecule has 1 aliphatic heterocycles. The van der Waals surface area contributed by atoms with Gasteiger partial charge in [0.1, 0.15) is 0 Å². The molecule has 2 aromatic rings. The first kappa shape index (κ1) is 20.9. The number of nitrogens with zero attached hydrogens (tertiary/aromatic N) is 1. The number of nitrogens with one attached hydrogen (secondary N) is 1. The van der Waals surface area contributed by atoms with Crippen molar-refractivity contribution in [1.29, 1.82) is 0 Å². The van der Waals surface area contributed by atoms with Crippen molar-refractivity contribution in [3.63, 3.8) is 0 Å². The lowest BCUT2D eigenvalue weighted by molar-refractivity contribution is -0.126. The van der Waals surface area contributed by atoms with E-state index in [0.29, 0.717) is 0 Å². The molecule has 1 saturated heterocycles. The second-order valence-corrected chi connectivity index (χ2v) is 8.94. The van der Waals surface area contributed by atoms with Crippen LogP contribution in [0.1, 0.15) is 35.1 Å². The molecule has 1 N–H and O–H groups in total. The molecule has 2 aromatic carbocycles. The molecule has 1 amide bonds. The van der Waals surface area contributed by atoms with E-state index in [4.69, 9.17) is 0 Å².